The van der Waals surface area contributed by atoms with Crippen molar-refractivity contribution in [2.75, 3.05) is 34.4 Å². The Morgan fingerprint density at radius 1 is 1.23 bits per heavy atom. The van der Waals surface area contributed by atoms with E-state index in [0.29, 0.717) is 29.4 Å². The first-order valence-electron chi connectivity index (χ1n) is 6.97. The number of hydrogen-bond acceptors (Lipinski definition) is 5. The van der Waals surface area contributed by atoms with Crippen LogP contribution in [0.2, 0.25) is 0 Å². The standard InChI is InChI=1S/C15H22N2O4.ClH/c1-19-12-7-10(8-13(20-2)14(12)21-3)15(18)17-6-4-5-11(17)9-16;/h7-8,11H,4-6,9,16H2,1-3H3;1H. The normalized spacial score (nSPS) is 16.9. The molecular formula is C15H23ClN2O4. The Balaban J connectivity index is 0.00000242. The number of ether oxygens (including phenoxy) is 3. The van der Waals surface area contributed by atoms with Gasteiger partial charge < -0.3 is 24.8 Å². The molecule has 7 heteroatoms. The number of halogens is 1. The van der Waals surface area contributed by atoms with Gasteiger partial charge in [0.25, 0.3) is 5.91 Å². The van der Waals surface area contributed by atoms with E-state index in [9.17, 15) is 4.79 Å². The summed E-state index contributed by atoms with van der Waals surface area (Å²) < 4.78 is 15.8. The lowest BCUT2D eigenvalue weighted by Crippen LogP contribution is -2.39. The molecule has 1 aromatic carbocycles. The molecule has 6 nitrogen and oxygen atoms in total. The van der Waals surface area contributed by atoms with E-state index < -0.39 is 0 Å². The average molecular weight is 331 g/mol. The summed E-state index contributed by atoms with van der Waals surface area (Å²) in [6.07, 6.45) is 1.94. The second-order valence-corrected chi connectivity index (χ2v) is 4.94. The number of amides is 1. The predicted octanol–water partition coefficient (Wildman–Crippen LogP) is 1.70. The smallest absolute Gasteiger partial charge is 0.254 e. The molecule has 1 aliphatic heterocycles. The van der Waals surface area contributed by atoms with Crippen LogP contribution in [0.3, 0.4) is 0 Å². The topological polar surface area (TPSA) is 74.0 Å². The zero-order valence-electron chi connectivity index (χ0n) is 13.1. The van der Waals surface area contributed by atoms with Crippen molar-refractivity contribution in [2.45, 2.75) is 18.9 Å². The zero-order valence-corrected chi connectivity index (χ0v) is 13.9. The molecule has 1 amide bonds. The molecule has 2 N–H and O–H groups in total. The fourth-order valence-electron chi connectivity index (χ4n) is 2.72. The van der Waals surface area contributed by atoms with Crippen LogP contribution in [0.4, 0.5) is 0 Å². The van der Waals surface area contributed by atoms with Crippen molar-refractivity contribution < 1.29 is 19.0 Å². The number of likely N-dealkylation sites (tertiary alicyclic amines) is 1. The monoisotopic (exact) mass is 330 g/mol. The number of nitrogens with two attached hydrogens (primary N) is 1. The first kappa shape index (κ1) is 18.4. The van der Waals surface area contributed by atoms with Crippen LogP contribution >= 0.6 is 12.4 Å². The van der Waals surface area contributed by atoms with Crippen LogP contribution in [0.5, 0.6) is 17.2 Å². The summed E-state index contributed by atoms with van der Waals surface area (Å²) in [6.45, 7) is 1.22. The van der Waals surface area contributed by atoms with Crippen LogP contribution < -0.4 is 19.9 Å². The number of rotatable bonds is 5. The number of carbonyl (C=O) groups is 1. The molecule has 0 aliphatic carbocycles. The van der Waals surface area contributed by atoms with E-state index in [2.05, 4.69) is 0 Å². The summed E-state index contributed by atoms with van der Waals surface area (Å²) in [5, 5.41) is 0. The summed E-state index contributed by atoms with van der Waals surface area (Å²) in [6, 6.07) is 3.46. The third kappa shape index (κ3) is 3.39. The Labute approximate surface area is 136 Å². The number of carbonyl (C=O) groups excluding carboxylic acids is 1. The average Bonchev–Trinajstić information content (AvgIpc) is 3.01. The van der Waals surface area contributed by atoms with Crippen molar-refractivity contribution in [2.24, 2.45) is 5.73 Å². The largest absolute Gasteiger partial charge is 0.493 e. The van der Waals surface area contributed by atoms with Crippen molar-refractivity contribution >= 4 is 18.3 Å². The van der Waals surface area contributed by atoms with Crippen LogP contribution in [0, 0.1) is 0 Å². The lowest BCUT2D eigenvalue weighted by atomic mass is 10.1. The van der Waals surface area contributed by atoms with Crippen molar-refractivity contribution in [3.63, 3.8) is 0 Å². The maximum Gasteiger partial charge on any atom is 0.254 e. The highest BCUT2D eigenvalue weighted by Crippen LogP contribution is 2.38. The molecule has 1 aliphatic rings. The number of benzene rings is 1. The third-order valence-electron chi connectivity index (χ3n) is 3.82. The second kappa shape index (κ2) is 8.10. The SMILES string of the molecule is COc1cc(C(=O)N2CCCC2CN)cc(OC)c1OC.Cl. The summed E-state index contributed by atoms with van der Waals surface area (Å²) in [5.41, 5.74) is 6.25. The van der Waals surface area contributed by atoms with Crippen molar-refractivity contribution in [1.29, 1.82) is 0 Å². The van der Waals surface area contributed by atoms with Crippen molar-refractivity contribution in [1.82, 2.24) is 4.90 Å². The minimum atomic E-state index is -0.0535. The first-order chi connectivity index (χ1) is 10.2. The van der Waals surface area contributed by atoms with E-state index in [-0.39, 0.29) is 24.4 Å². The molecular weight excluding hydrogens is 308 g/mol. The summed E-state index contributed by atoms with van der Waals surface area (Å²) in [4.78, 5) is 14.5. The van der Waals surface area contributed by atoms with E-state index in [0.717, 1.165) is 19.4 Å². The molecule has 1 fully saturated rings. The van der Waals surface area contributed by atoms with Gasteiger partial charge in [0.1, 0.15) is 0 Å². The van der Waals surface area contributed by atoms with Crippen LogP contribution in [0.25, 0.3) is 0 Å². The van der Waals surface area contributed by atoms with Gasteiger partial charge in [-0.05, 0) is 25.0 Å². The first-order valence-corrected chi connectivity index (χ1v) is 6.97. The van der Waals surface area contributed by atoms with Crippen LogP contribution in [0.1, 0.15) is 23.2 Å². The van der Waals surface area contributed by atoms with Crippen LogP contribution in [-0.2, 0) is 0 Å². The summed E-state index contributed by atoms with van der Waals surface area (Å²) in [7, 11) is 4.60. The van der Waals surface area contributed by atoms with Gasteiger partial charge in [-0.1, -0.05) is 0 Å². The minimum Gasteiger partial charge on any atom is -0.493 e. The molecule has 1 heterocycles. The fraction of sp³-hybridized carbons (Fsp3) is 0.533. The molecule has 0 spiro atoms. The second-order valence-electron chi connectivity index (χ2n) is 4.94. The highest BCUT2D eigenvalue weighted by molar-refractivity contribution is 5.96. The highest BCUT2D eigenvalue weighted by Gasteiger charge is 2.29. The lowest BCUT2D eigenvalue weighted by molar-refractivity contribution is 0.0740. The van der Waals surface area contributed by atoms with Crippen LogP contribution in [0.15, 0.2) is 12.1 Å². The third-order valence-corrected chi connectivity index (χ3v) is 3.82. The minimum absolute atomic E-state index is 0. The maximum atomic E-state index is 12.7. The molecule has 1 saturated heterocycles. The quantitative estimate of drug-likeness (QED) is 0.889. The van der Waals surface area contributed by atoms with E-state index in [1.165, 1.54) is 21.3 Å². The van der Waals surface area contributed by atoms with Gasteiger partial charge in [0.05, 0.1) is 21.3 Å². The van der Waals surface area contributed by atoms with Gasteiger partial charge in [-0.25, -0.2) is 0 Å². The Morgan fingerprint density at radius 3 is 2.27 bits per heavy atom. The van der Waals surface area contributed by atoms with Gasteiger partial charge in [-0.2, -0.15) is 0 Å². The number of nitrogens with zero attached hydrogens (tertiary/aromatic N) is 1. The van der Waals surface area contributed by atoms with Gasteiger partial charge in [0.15, 0.2) is 11.5 Å². The van der Waals surface area contributed by atoms with E-state index in [1.807, 2.05) is 4.90 Å². The highest BCUT2D eigenvalue weighted by atomic mass is 35.5. The van der Waals surface area contributed by atoms with Gasteiger partial charge in [0.2, 0.25) is 5.75 Å². The molecule has 22 heavy (non-hydrogen) atoms. The molecule has 0 bridgehead atoms. The summed E-state index contributed by atoms with van der Waals surface area (Å²) in [5.74, 6) is 1.38. The Morgan fingerprint density at radius 2 is 1.82 bits per heavy atom. The van der Waals surface area contributed by atoms with Gasteiger partial charge >= 0.3 is 0 Å². The van der Waals surface area contributed by atoms with Crippen molar-refractivity contribution in [3.8, 4) is 17.2 Å². The molecule has 124 valence electrons. The van der Waals surface area contributed by atoms with E-state index >= 15 is 0 Å². The molecule has 0 saturated carbocycles. The van der Waals surface area contributed by atoms with Crippen LogP contribution in [-0.4, -0.2) is 51.3 Å². The molecule has 2 rings (SSSR count). The number of methoxy groups -OCH3 is 3. The Hall–Kier alpha value is -1.66. The maximum absolute atomic E-state index is 12.7. The lowest BCUT2D eigenvalue weighted by Gasteiger charge is -2.24. The summed E-state index contributed by atoms with van der Waals surface area (Å²) >= 11 is 0. The fourth-order valence-corrected chi connectivity index (χ4v) is 2.72. The molecule has 1 aromatic rings. The molecule has 1 atom stereocenters. The zero-order chi connectivity index (χ0) is 15.4. The van der Waals surface area contributed by atoms with E-state index in [1.54, 1.807) is 12.1 Å². The van der Waals surface area contributed by atoms with Gasteiger partial charge in [-0.15, -0.1) is 12.4 Å². The Bertz CT molecular complexity index is 499. The number of hydrogen-bond donors (Lipinski definition) is 1. The predicted molar refractivity (Wildman–Crippen MR) is 86.5 cm³/mol. The van der Waals surface area contributed by atoms with Gasteiger partial charge in [0, 0.05) is 24.7 Å². The van der Waals surface area contributed by atoms with Crippen molar-refractivity contribution in [3.05, 3.63) is 17.7 Å². The molecule has 0 aromatic heterocycles. The molecule has 0 radical (unpaired) electrons. The van der Waals surface area contributed by atoms with E-state index in [4.69, 9.17) is 19.9 Å². The molecule has 1 unspecified atom stereocenters. The van der Waals surface area contributed by atoms with Gasteiger partial charge in [-0.3, -0.25) is 4.79 Å². The Kier molecular flexibility index (Phi) is 6.77.